The van der Waals surface area contributed by atoms with Crippen LogP contribution in [0.1, 0.15) is 11.7 Å². The predicted octanol–water partition coefficient (Wildman–Crippen LogP) is 1.10. The third-order valence-electron chi connectivity index (χ3n) is 3.27. The van der Waals surface area contributed by atoms with E-state index in [-0.39, 0.29) is 0 Å². The molecule has 0 N–H and O–H groups in total. The Morgan fingerprint density at radius 3 is 2.68 bits per heavy atom. The SMILES string of the molecule is Cc1noc(CN2CCN(c3ccccn3)CC2)n1. The van der Waals surface area contributed by atoms with E-state index in [1.165, 1.54) is 0 Å². The van der Waals surface area contributed by atoms with E-state index in [1.807, 2.05) is 25.3 Å². The molecule has 6 nitrogen and oxygen atoms in total. The molecule has 0 amide bonds. The summed E-state index contributed by atoms with van der Waals surface area (Å²) in [5.41, 5.74) is 0. The van der Waals surface area contributed by atoms with Crippen LogP contribution in [0.25, 0.3) is 0 Å². The van der Waals surface area contributed by atoms with Crippen molar-refractivity contribution in [3.63, 3.8) is 0 Å². The van der Waals surface area contributed by atoms with Gasteiger partial charge in [-0.3, -0.25) is 4.90 Å². The van der Waals surface area contributed by atoms with Gasteiger partial charge in [-0.25, -0.2) is 4.98 Å². The zero-order valence-corrected chi connectivity index (χ0v) is 11.0. The van der Waals surface area contributed by atoms with Crippen LogP contribution in [0.3, 0.4) is 0 Å². The molecular formula is C13H17N5O. The van der Waals surface area contributed by atoms with Crippen LogP contribution in [-0.2, 0) is 6.54 Å². The molecule has 0 radical (unpaired) electrons. The van der Waals surface area contributed by atoms with Crippen molar-refractivity contribution in [2.24, 2.45) is 0 Å². The van der Waals surface area contributed by atoms with Crippen LogP contribution < -0.4 is 4.90 Å². The van der Waals surface area contributed by atoms with Gasteiger partial charge in [-0.2, -0.15) is 4.98 Å². The standard InChI is InChI=1S/C13H17N5O/c1-11-15-13(19-16-11)10-17-6-8-18(9-7-17)12-4-2-3-5-14-12/h2-5H,6-10H2,1H3. The first-order valence-electron chi connectivity index (χ1n) is 6.49. The smallest absolute Gasteiger partial charge is 0.240 e. The summed E-state index contributed by atoms with van der Waals surface area (Å²) in [4.78, 5) is 13.2. The summed E-state index contributed by atoms with van der Waals surface area (Å²) in [5, 5.41) is 3.81. The quantitative estimate of drug-likeness (QED) is 0.822. The first kappa shape index (κ1) is 12.1. The summed E-state index contributed by atoms with van der Waals surface area (Å²) in [5.74, 6) is 2.45. The zero-order chi connectivity index (χ0) is 13.1. The third kappa shape index (κ3) is 2.90. The molecule has 0 bridgehead atoms. The zero-order valence-electron chi connectivity index (χ0n) is 11.0. The van der Waals surface area contributed by atoms with Crippen molar-refractivity contribution in [1.29, 1.82) is 0 Å². The van der Waals surface area contributed by atoms with Crippen LogP contribution >= 0.6 is 0 Å². The molecule has 6 heteroatoms. The van der Waals surface area contributed by atoms with Crippen molar-refractivity contribution in [3.8, 4) is 0 Å². The Labute approximate surface area is 112 Å². The average molecular weight is 259 g/mol. The van der Waals surface area contributed by atoms with Gasteiger partial charge in [0.1, 0.15) is 5.82 Å². The molecule has 0 aliphatic carbocycles. The normalized spacial score (nSPS) is 16.8. The molecule has 1 fully saturated rings. The van der Waals surface area contributed by atoms with Crippen molar-refractivity contribution < 1.29 is 4.52 Å². The highest BCUT2D eigenvalue weighted by Crippen LogP contribution is 2.13. The van der Waals surface area contributed by atoms with E-state index in [2.05, 4.69) is 31.0 Å². The minimum atomic E-state index is 0.696. The van der Waals surface area contributed by atoms with Gasteiger partial charge in [0.15, 0.2) is 5.82 Å². The molecule has 2 aromatic heterocycles. The fraction of sp³-hybridized carbons (Fsp3) is 0.462. The second kappa shape index (κ2) is 5.36. The van der Waals surface area contributed by atoms with Gasteiger partial charge >= 0.3 is 0 Å². The summed E-state index contributed by atoms with van der Waals surface area (Å²) >= 11 is 0. The maximum absolute atomic E-state index is 5.15. The highest BCUT2D eigenvalue weighted by molar-refractivity contribution is 5.38. The molecule has 3 rings (SSSR count). The van der Waals surface area contributed by atoms with Gasteiger partial charge < -0.3 is 9.42 Å². The van der Waals surface area contributed by atoms with Crippen molar-refractivity contribution in [2.45, 2.75) is 13.5 Å². The molecule has 2 aromatic rings. The summed E-state index contributed by atoms with van der Waals surface area (Å²) in [6.45, 7) is 6.49. The van der Waals surface area contributed by atoms with Gasteiger partial charge in [0.25, 0.3) is 0 Å². The molecule has 0 unspecified atom stereocenters. The van der Waals surface area contributed by atoms with Crippen LogP contribution in [-0.4, -0.2) is 46.2 Å². The van der Waals surface area contributed by atoms with Gasteiger partial charge in [0, 0.05) is 32.4 Å². The topological polar surface area (TPSA) is 58.3 Å². The van der Waals surface area contributed by atoms with Gasteiger partial charge in [0.05, 0.1) is 6.54 Å². The molecule has 0 atom stereocenters. The lowest BCUT2D eigenvalue weighted by Gasteiger charge is -2.34. The summed E-state index contributed by atoms with van der Waals surface area (Å²) in [6.07, 6.45) is 1.84. The Bertz CT molecular complexity index is 519. The average Bonchev–Trinajstić information content (AvgIpc) is 2.86. The van der Waals surface area contributed by atoms with Crippen LogP contribution in [0.2, 0.25) is 0 Å². The number of piperazine rings is 1. The molecule has 0 spiro atoms. The minimum Gasteiger partial charge on any atom is -0.354 e. The number of rotatable bonds is 3. The predicted molar refractivity (Wildman–Crippen MR) is 70.8 cm³/mol. The van der Waals surface area contributed by atoms with E-state index in [1.54, 1.807) is 0 Å². The second-order valence-corrected chi connectivity index (χ2v) is 4.69. The van der Waals surface area contributed by atoms with E-state index in [0.717, 1.165) is 38.5 Å². The molecule has 1 aliphatic rings. The molecule has 0 saturated carbocycles. The molecule has 0 aromatic carbocycles. The van der Waals surface area contributed by atoms with E-state index in [9.17, 15) is 0 Å². The number of pyridine rings is 1. The van der Waals surface area contributed by atoms with Gasteiger partial charge in [-0.15, -0.1) is 0 Å². The summed E-state index contributed by atoms with van der Waals surface area (Å²) in [6, 6.07) is 6.02. The lowest BCUT2D eigenvalue weighted by Crippen LogP contribution is -2.46. The van der Waals surface area contributed by atoms with Crippen molar-refractivity contribution in [1.82, 2.24) is 20.0 Å². The Morgan fingerprint density at radius 2 is 2.05 bits per heavy atom. The number of aromatic nitrogens is 3. The first-order chi connectivity index (χ1) is 9.31. The first-order valence-corrected chi connectivity index (χ1v) is 6.49. The molecule has 3 heterocycles. The number of hydrogen-bond acceptors (Lipinski definition) is 6. The molecule has 100 valence electrons. The fourth-order valence-corrected chi connectivity index (χ4v) is 2.27. The molecule has 19 heavy (non-hydrogen) atoms. The highest BCUT2D eigenvalue weighted by Gasteiger charge is 2.19. The van der Waals surface area contributed by atoms with Crippen LogP contribution in [0, 0.1) is 6.92 Å². The lowest BCUT2D eigenvalue weighted by molar-refractivity contribution is 0.215. The number of hydrogen-bond donors (Lipinski definition) is 0. The van der Waals surface area contributed by atoms with Crippen LogP contribution in [0.5, 0.6) is 0 Å². The van der Waals surface area contributed by atoms with Gasteiger partial charge in [-0.1, -0.05) is 11.2 Å². The van der Waals surface area contributed by atoms with E-state index >= 15 is 0 Å². The fourth-order valence-electron chi connectivity index (χ4n) is 2.27. The summed E-state index contributed by atoms with van der Waals surface area (Å²) in [7, 11) is 0. The number of aryl methyl sites for hydroxylation is 1. The van der Waals surface area contributed by atoms with E-state index < -0.39 is 0 Å². The van der Waals surface area contributed by atoms with Gasteiger partial charge in [0.2, 0.25) is 5.89 Å². The van der Waals surface area contributed by atoms with Crippen LogP contribution in [0.15, 0.2) is 28.9 Å². The monoisotopic (exact) mass is 259 g/mol. The Kier molecular flexibility index (Phi) is 3.41. The van der Waals surface area contributed by atoms with Gasteiger partial charge in [-0.05, 0) is 19.1 Å². The maximum atomic E-state index is 5.15. The van der Waals surface area contributed by atoms with Crippen molar-refractivity contribution >= 4 is 5.82 Å². The van der Waals surface area contributed by atoms with E-state index in [4.69, 9.17) is 4.52 Å². The van der Waals surface area contributed by atoms with Crippen molar-refractivity contribution in [3.05, 3.63) is 36.1 Å². The highest BCUT2D eigenvalue weighted by atomic mass is 16.5. The number of anilines is 1. The molecular weight excluding hydrogens is 242 g/mol. The Balaban J connectivity index is 1.55. The molecule has 1 aliphatic heterocycles. The second-order valence-electron chi connectivity index (χ2n) is 4.69. The maximum Gasteiger partial charge on any atom is 0.240 e. The Morgan fingerprint density at radius 1 is 1.21 bits per heavy atom. The van der Waals surface area contributed by atoms with E-state index in [0.29, 0.717) is 11.7 Å². The molecule has 1 saturated heterocycles. The van der Waals surface area contributed by atoms with Crippen molar-refractivity contribution in [2.75, 3.05) is 31.1 Å². The summed E-state index contributed by atoms with van der Waals surface area (Å²) < 4.78 is 5.15. The van der Waals surface area contributed by atoms with Crippen LogP contribution in [0.4, 0.5) is 5.82 Å². The lowest BCUT2D eigenvalue weighted by atomic mass is 10.3. The Hall–Kier alpha value is -1.95. The minimum absolute atomic E-state index is 0.696. The third-order valence-corrected chi connectivity index (χ3v) is 3.27. The number of nitrogens with zero attached hydrogens (tertiary/aromatic N) is 5. The largest absolute Gasteiger partial charge is 0.354 e.